The lowest BCUT2D eigenvalue weighted by Gasteiger charge is -2.04. The summed E-state index contributed by atoms with van der Waals surface area (Å²) in [6.45, 7) is 0.481. The van der Waals surface area contributed by atoms with E-state index < -0.39 is 17.8 Å². The number of hydrogen-bond donors (Lipinski definition) is 0. The van der Waals surface area contributed by atoms with Gasteiger partial charge in [-0.15, -0.1) is 0 Å². The van der Waals surface area contributed by atoms with Crippen LogP contribution in [0.4, 0.5) is 13.2 Å². The van der Waals surface area contributed by atoms with Crippen LogP contribution in [0.5, 0.6) is 5.88 Å². The molecular weight excluding hydrogens is 319 g/mol. The lowest BCUT2D eigenvalue weighted by molar-refractivity contribution is 0.146. The third-order valence-electron chi connectivity index (χ3n) is 3.52. The number of pyridine rings is 1. The molecule has 4 nitrogen and oxygen atoms in total. The molecular formula is C17H14F3N3O. The van der Waals surface area contributed by atoms with E-state index in [-0.39, 0.29) is 0 Å². The molecule has 0 bridgehead atoms. The first-order valence-corrected chi connectivity index (χ1v) is 7.17. The van der Waals surface area contributed by atoms with Gasteiger partial charge in [0.05, 0.1) is 24.9 Å². The van der Waals surface area contributed by atoms with E-state index in [9.17, 15) is 13.2 Å². The Morgan fingerprint density at radius 3 is 2.62 bits per heavy atom. The second-order valence-corrected chi connectivity index (χ2v) is 5.14. The van der Waals surface area contributed by atoms with Crippen LogP contribution in [-0.4, -0.2) is 21.9 Å². The van der Waals surface area contributed by atoms with Gasteiger partial charge in [0.15, 0.2) is 0 Å². The van der Waals surface area contributed by atoms with E-state index >= 15 is 0 Å². The number of rotatable bonds is 5. The van der Waals surface area contributed by atoms with E-state index in [1.807, 2.05) is 6.07 Å². The molecule has 0 aliphatic carbocycles. The highest BCUT2D eigenvalue weighted by Crippen LogP contribution is 2.26. The molecule has 0 N–H and O–H groups in total. The summed E-state index contributed by atoms with van der Waals surface area (Å²) in [5.41, 5.74) is 1.27. The topological polar surface area (TPSA) is 39.9 Å². The van der Waals surface area contributed by atoms with Gasteiger partial charge >= 0.3 is 0 Å². The van der Waals surface area contributed by atoms with Crippen LogP contribution < -0.4 is 4.74 Å². The van der Waals surface area contributed by atoms with E-state index in [1.165, 1.54) is 6.07 Å². The molecule has 0 amide bonds. The summed E-state index contributed by atoms with van der Waals surface area (Å²) in [6, 6.07) is 8.91. The average Bonchev–Trinajstić information content (AvgIpc) is 3.03. The van der Waals surface area contributed by atoms with Crippen LogP contribution >= 0.6 is 0 Å². The Labute approximate surface area is 136 Å². The molecule has 0 atom stereocenters. The molecule has 0 saturated heterocycles. The van der Waals surface area contributed by atoms with Gasteiger partial charge in [0.25, 0.3) is 6.43 Å². The summed E-state index contributed by atoms with van der Waals surface area (Å²) in [6.07, 6.45) is 0.578. The number of ether oxygens (including phenoxy) is 1. The highest BCUT2D eigenvalue weighted by Gasteiger charge is 2.14. The molecule has 3 aromatic rings. The number of methoxy groups -OCH3 is 1. The summed E-state index contributed by atoms with van der Waals surface area (Å²) in [5.74, 6) is -0.411. The van der Waals surface area contributed by atoms with Crippen molar-refractivity contribution in [3.05, 3.63) is 65.7 Å². The minimum Gasteiger partial charge on any atom is -0.481 e. The van der Waals surface area contributed by atoms with Gasteiger partial charge in [-0.2, -0.15) is 5.10 Å². The number of alkyl halides is 2. The maximum Gasteiger partial charge on any atom is 0.266 e. The second kappa shape index (κ2) is 6.74. The average molecular weight is 333 g/mol. The van der Waals surface area contributed by atoms with Crippen LogP contribution in [0.25, 0.3) is 11.3 Å². The third-order valence-corrected chi connectivity index (χ3v) is 3.52. The minimum absolute atomic E-state index is 0.448. The van der Waals surface area contributed by atoms with Crippen LogP contribution in [0.3, 0.4) is 0 Å². The quantitative estimate of drug-likeness (QED) is 0.706. The Balaban J connectivity index is 1.78. The Kier molecular flexibility index (Phi) is 4.50. The standard InChI is InChI=1S/C17H14F3N3O/c1-24-16-5-2-11(9-21-16)10-23-7-6-15(22-23)12-3-4-13(17(19)20)14(18)8-12/h2-9,17H,10H2,1H3. The SMILES string of the molecule is COc1ccc(Cn2ccc(-c3ccc(C(F)F)c(F)c3)n2)cn1. The molecule has 0 radical (unpaired) electrons. The van der Waals surface area contributed by atoms with Gasteiger partial charge in [0.2, 0.25) is 5.88 Å². The molecule has 124 valence electrons. The first-order valence-electron chi connectivity index (χ1n) is 7.17. The third kappa shape index (κ3) is 3.40. The molecule has 7 heteroatoms. The molecule has 3 rings (SSSR count). The van der Waals surface area contributed by atoms with Crippen LogP contribution in [0.15, 0.2) is 48.8 Å². The monoisotopic (exact) mass is 333 g/mol. The zero-order valence-corrected chi connectivity index (χ0v) is 12.8. The van der Waals surface area contributed by atoms with Crippen LogP contribution in [-0.2, 0) is 6.54 Å². The van der Waals surface area contributed by atoms with Crippen molar-refractivity contribution in [1.29, 1.82) is 0 Å². The number of halogens is 3. The van der Waals surface area contributed by atoms with Crippen LogP contribution in [0, 0.1) is 5.82 Å². The fourth-order valence-corrected chi connectivity index (χ4v) is 2.28. The Hall–Kier alpha value is -2.83. The number of aromatic nitrogens is 3. The summed E-state index contributed by atoms with van der Waals surface area (Å²) in [7, 11) is 1.54. The van der Waals surface area contributed by atoms with Crippen molar-refractivity contribution < 1.29 is 17.9 Å². The molecule has 2 heterocycles. The van der Waals surface area contributed by atoms with Crippen molar-refractivity contribution in [3.63, 3.8) is 0 Å². The van der Waals surface area contributed by atoms with Gasteiger partial charge in [-0.1, -0.05) is 12.1 Å². The second-order valence-electron chi connectivity index (χ2n) is 5.14. The van der Waals surface area contributed by atoms with Crippen molar-refractivity contribution in [2.24, 2.45) is 0 Å². The van der Waals surface area contributed by atoms with Crippen molar-refractivity contribution in [2.75, 3.05) is 7.11 Å². The zero-order valence-electron chi connectivity index (χ0n) is 12.8. The van der Waals surface area contributed by atoms with Gasteiger partial charge in [0, 0.05) is 24.0 Å². The molecule has 0 fully saturated rings. The molecule has 0 unspecified atom stereocenters. The van der Waals surface area contributed by atoms with Crippen LogP contribution in [0.1, 0.15) is 17.6 Å². The molecule has 24 heavy (non-hydrogen) atoms. The fraction of sp³-hybridized carbons (Fsp3) is 0.176. The maximum atomic E-state index is 13.7. The van der Waals surface area contributed by atoms with Crippen molar-refractivity contribution in [2.45, 2.75) is 13.0 Å². The predicted molar refractivity (Wildman–Crippen MR) is 82.5 cm³/mol. The lowest BCUT2D eigenvalue weighted by atomic mass is 10.1. The van der Waals surface area contributed by atoms with Gasteiger partial charge in [-0.3, -0.25) is 4.68 Å². The number of nitrogens with zero attached hydrogens (tertiary/aromatic N) is 3. The molecule has 0 aliphatic rings. The number of benzene rings is 1. The van der Waals surface area contributed by atoms with E-state index in [2.05, 4.69) is 10.1 Å². The van der Waals surface area contributed by atoms with Gasteiger partial charge < -0.3 is 4.74 Å². The van der Waals surface area contributed by atoms with Crippen LogP contribution in [0.2, 0.25) is 0 Å². The molecule has 0 aliphatic heterocycles. The molecule has 0 spiro atoms. The number of hydrogen-bond acceptors (Lipinski definition) is 3. The van der Waals surface area contributed by atoms with Gasteiger partial charge in [-0.25, -0.2) is 18.2 Å². The fourth-order valence-electron chi connectivity index (χ4n) is 2.28. The first-order chi connectivity index (χ1) is 11.6. The van der Waals surface area contributed by atoms with Crippen molar-refractivity contribution >= 4 is 0 Å². The first kappa shape index (κ1) is 16.0. The van der Waals surface area contributed by atoms with E-state index in [0.717, 1.165) is 17.7 Å². The summed E-state index contributed by atoms with van der Waals surface area (Å²) in [4.78, 5) is 4.11. The van der Waals surface area contributed by atoms with E-state index in [0.29, 0.717) is 23.7 Å². The molecule has 0 saturated carbocycles. The van der Waals surface area contributed by atoms with Gasteiger partial charge in [0.1, 0.15) is 5.82 Å². The zero-order chi connectivity index (χ0) is 17.1. The predicted octanol–water partition coefficient (Wildman–Crippen LogP) is 4.08. The Morgan fingerprint density at radius 2 is 2.00 bits per heavy atom. The van der Waals surface area contributed by atoms with E-state index in [4.69, 9.17) is 4.74 Å². The molecule has 1 aromatic carbocycles. The summed E-state index contributed by atoms with van der Waals surface area (Å²) >= 11 is 0. The Bertz CT molecular complexity index is 831. The lowest BCUT2D eigenvalue weighted by Crippen LogP contribution is -2.01. The smallest absolute Gasteiger partial charge is 0.266 e. The largest absolute Gasteiger partial charge is 0.481 e. The molecule has 2 aromatic heterocycles. The Morgan fingerprint density at radius 1 is 1.17 bits per heavy atom. The van der Waals surface area contributed by atoms with E-state index in [1.54, 1.807) is 36.3 Å². The minimum atomic E-state index is -2.83. The normalized spacial score (nSPS) is 11.0. The summed E-state index contributed by atoms with van der Waals surface area (Å²) < 4.78 is 45.5. The van der Waals surface area contributed by atoms with Crippen molar-refractivity contribution in [1.82, 2.24) is 14.8 Å². The summed E-state index contributed by atoms with van der Waals surface area (Å²) in [5, 5.41) is 4.34. The highest BCUT2D eigenvalue weighted by molar-refractivity contribution is 5.59. The van der Waals surface area contributed by atoms with Crippen molar-refractivity contribution in [3.8, 4) is 17.1 Å². The highest BCUT2D eigenvalue weighted by atomic mass is 19.3. The maximum absolute atomic E-state index is 13.7. The van der Waals surface area contributed by atoms with Gasteiger partial charge in [-0.05, 0) is 23.8 Å².